The van der Waals surface area contributed by atoms with E-state index in [9.17, 15) is 9.90 Å². The molecule has 1 aromatic carbocycles. The minimum atomic E-state index is -0.404. The summed E-state index contributed by atoms with van der Waals surface area (Å²) in [5.74, 6) is 0.847. The van der Waals surface area contributed by atoms with Gasteiger partial charge in [-0.3, -0.25) is 0 Å². The van der Waals surface area contributed by atoms with Gasteiger partial charge in [-0.25, -0.2) is 4.79 Å². The van der Waals surface area contributed by atoms with E-state index in [2.05, 4.69) is 17.5 Å². The molecule has 1 aromatic rings. The molecule has 0 aromatic heterocycles. The van der Waals surface area contributed by atoms with Crippen molar-refractivity contribution in [3.63, 3.8) is 0 Å². The first-order chi connectivity index (χ1) is 9.78. The highest BCUT2D eigenvalue weighted by atomic mass is 16.5. The van der Waals surface area contributed by atoms with E-state index >= 15 is 0 Å². The van der Waals surface area contributed by atoms with Gasteiger partial charge in [0.05, 0.1) is 0 Å². The molecule has 3 rings (SSSR count). The fraction of sp³-hybridized carbons (Fsp3) is 0.438. The summed E-state index contributed by atoms with van der Waals surface area (Å²) in [5, 5.41) is 12.4. The van der Waals surface area contributed by atoms with Crippen molar-refractivity contribution >= 4 is 6.09 Å². The summed E-state index contributed by atoms with van der Waals surface area (Å²) in [6.07, 6.45) is 4.91. The summed E-state index contributed by atoms with van der Waals surface area (Å²) < 4.78 is 5.23. The van der Waals surface area contributed by atoms with Gasteiger partial charge in [0, 0.05) is 18.6 Å². The molecular weight excluding hydrogens is 254 g/mol. The zero-order chi connectivity index (χ0) is 13.9. The highest BCUT2D eigenvalue weighted by molar-refractivity contribution is 5.68. The summed E-state index contributed by atoms with van der Waals surface area (Å²) in [6, 6.07) is 9.60. The molecule has 2 N–H and O–H groups in total. The van der Waals surface area contributed by atoms with Crippen molar-refractivity contribution in [1.29, 1.82) is 0 Å². The number of allylic oxidation sites excluding steroid dienone is 1. The van der Waals surface area contributed by atoms with Gasteiger partial charge in [0.2, 0.25) is 0 Å². The second-order valence-corrected chi connectivity index (χ2v) is 5.53. The Bertz CT molecular complexity index is 500. The fourth-order valence-corrected chi connectivity index (χ4v) is 3.29. The van der Waals surface area contributed by atoms with E-state index in [4.69, 9.17) is 4.74 Å². The molecular formula is C16H19NO3. The zero-order valence-electron chi connectivity index (χ0n) is 11.2. The van der Waals surface area contributed by atoms with E-state index in [1.807, 2.05) is 30.3 Å². The van der Waals surface area contributed by atoms with Crippen LogP contribution in [0.4, 0.5) is 4.79 Å². The molecule has 4 atom stereocenters. The molecule has 1 amide bonds. The van der Waals surface area contributed by atoms with Gasteiger partial charge in [-0.2, -0.15) is 0 Å². The second kappa shape index (κ2) is 5.67. The smallest absolute Gasteiger partial charge is 0.407 e. The van der Waals surface area contributed by atoms with E-state index in [0.717, 1.165) is 12.0 Å². The average Bonchev–Trinajstić information content (AvgIpc) is 3.07. The van der Waals surface area contributed by atoms with Gasteiger partial charge in [0.15, 0.2) is 0 Å². The van der Waals surface area contributed by atoms with Gasteiger partial charge in [-0.1, -0.05) is 42.5 Å². The van der Waals surface area contributed by atoms with E-state index in [1.54, 1.807) is 0 Å². The van der Waals surface area contributed by atoms with Gasteiger partial charge >= 0.3 is 6.09 Å². The second-order valence-electron chi connectivity index (χ2n) is 5.53. The number of ether oxygens (including phenoxy) is 1. The number of carbonyl (C=O) groups is 1. The number of benzene rings is 1. The van der Waals surface area contributed by atoms with Crippen molar-refractivity contribution in [2.75, 3.05) is 6.61 Å². The summed E-state index contributed by atoms with van der Waals surface area (Å²) in [7, 11) is 0. The van der Waals surface area contributed by atoms with Crippen LogP contribution >= 0.6 is 0 Å². The number of alkyl carbamates (subject to hydrolysis) is 1. The maximum atomic E-state index is 11.9. The first kappa shape index (κ1) is 13.2. The topological polar surface area (TPSA) is 58.6 Å². The molecule has 0 spiro atoms. The quantitative estimate of drug-likeness (QED) is 0.826. The van der Waals surface area contributed by atoms with Crippen LogP contribution in [0.25, 0.3) is 0 Å². The van der Waals surface area contributed by atoms with Crippen LogP contribution in [0.1, 0.15) is 12.0 Å². The van der Waals surface area contributed by atoms with Crippen molar-refractivity contribution in [1.82, 2.24) is 5.32 Å². The maximum absolute atomic E-state index is 11.9. The number of carbonyl (C=O) groups excluding carboxylic acids is 1. The summed E-state index contributed by atoms with van der Waals surface area (Å²) in [5.41, 5.74) is 0.967. The normalized spacial score (nSPS) is 30.4. The minimum Gasteiger partial charge on any atom is -0.445 e. The molecule has 0 heterocycles. The molecule has 0 saturated heterocycles. The lowest BCUT2D eigenvalue weighted by Crippen LogP contribution is -2.44. The monoisotopic (exact) mass is 273 g/mol. The predicted octanol–water partition coefficient (Wildman–Crippen LogP) is 2.10. The first-order valence-electron chi connectivity index (χ1n) is 7.04. The van der Waals surface area contributed by atoms with Crippen molar-refractivity contribution in [2.24, 2.45) is 17.8 Å². The Morgan fingerprint density at radius 2 is 2.00 bits per heavy atom. The van der Waals surface area contributed by atoms with E-state index in [1.165, 1.54) is 0 Å². The number of nitrogens with one attached hydrogen (secondary N) is 1. The van der Waals surface area contributed by atoms with Crippen molar-refractivity contribution in [2.45, 2.75) is 19.1 Å². The standard InChI is InChI=1S/C16H19NO3/c18-9-14-12-6-7-13(8-12)15(14)17-16(19)20-10-11-4-2-1-3-5-11/h1-7,12-15,18H,8-10H2,(H,17,19). The number of fused-ring (bicyclic) bond motifs is 2. The number of hydrogen-bond donors (Lipinski definition) is 2. The van der Waals surface area contributed by atoms with Crippen molar-refractivity contribution in [3.8, 4) is 0 Å². The Labute approximate surface area is 118 Å². The summed E-state index contributed by atoms with van der Waals surface area (Å²) in [4.78, 5) is 11.9. The third-order valence-corrected chi connectivity index (χ3v) is 4.33. The summed E-state index contributed by atoms with van der Waals surface area (Å²) >= 11 is 0. The Balaban J connectivity index is 1.53. The lowest BCUT2D eigenvalue weighted by atomic mass is 9.90. The number of aliphatic hydroxyl groups is 1. The van der Waals surface area contributed by atoms with E-state index in [-0.39, 0.29) is 25.2 Å². The SMILES string of the molecule is O=C(NC1C2C=CC(C2)C1CO)OCc1ccccc1. The molecule has 0 radical (unpaired) electrons. The Morgan fingerprint density at radius 3 is 2.75 bits per heavy atom. The van der Waals surface area contributed by atoms with Crippen LogP contribution in [0, 0.1) is 17.8 Å². The predicted molar refractivity (Wildman–Crippen MR) is 74.9 cm³/mol. The average molecular weight is 273 g/mol. The molecule has 2 aliphatic carbocycles. The number of aliphatic hydroxyl groups excluding tert-OH is 1. The Kier molecular flexibility index (Phi) is 3.74. The Morgan fingerprint density at radius 1 is 1.25 bits per heavy atom. The largest absolute Gasteiger partial charge is 0.445 e. The minimum absolute atomic E-state index is 0.00160. The molecule has 1 saturated carbocycles. The first-order valence-corrected chi connectivity index (χ1v) is 7.04. The van der Waals surface area contributed by atoms with Crippen LogP contribution in [-0.4, -0.2) is 23.8 Å². The Hall–Kier alpha value is -1.81. The molecule has 20 heavy (non-hydrogen) atoms. The van der Waals surface area contributed by atoms with Gasteiger partial charge in [-0.05, 0) is 23.8 Å². The highest BCUT2D eigenvalue weighted by Gasteiger charge is 2.44. The van der Waals surface area contributed by atoms with E-state index in [0.29, 0.717) is 11.8 Å². The van der Waals surface area contributed by atoms with Crippen LogP contribution in [0.15, 0.2) is 42.5 Å². The van der Waals surface area contributed by atoms with E-state index < -0.39 is 6.09 Å². The van der Waals surface area contributed by atoms with Crippen molar-refractivity contribution in [3.05, 3.63) is 48.0 Å². The lowest BCUT2D eigenvalue weighted by molar-refractivity contribution is 0.122. The fourth-order valence-electron chi connectivity index (χ4n) is 3.29. The molecule has 2 bridgehead atoms. The highest BCUT2D eigenvalue weighted by Crippen LogP contribution is 2.43. The van der Waals surface area contributed by atoms with Crippen LogP contribution in [0.2, 0.25) is 0 Å². The molecule has 0 aliphatic heterocycles. The maximum Gasteiger partial charge on any atom is 0.407 e. The van der Waals surface area contributed by atoms with Crippen molar-refractivity contribution < 1.29 is 14.6 Å². The van der Waals surface area contributed by atoms with Gasteiger partial charge in [-0.15, -0.1) is 0 Å². The van der Waals surface area contributed by atoms with Crippen LogP contribution in [0.5, 0.6) is 0 Å². The lowest BCUT2D eigenvalue weighted by Gasteiger charge is -2.26. The van der Waals surface area contributed by atoms with Gasteiger partial charge < -0.3 is 15.2 Å². The van der Waals surface area contributed by atoms with Gasteiger partial charge in [0.1, 0.15) is 6.61 Å². The van der Waals surface area contributed by atoms with Crippen LogP contribution in [-0.2, 0) is 11.3 Å². The number of rotatable bonds is 4. The number of amides is 1. The summed E-state index contributed by atoms with van der Waals surface area (Å²) in [6.45, 7) is 0.377. The molecule has 106 valence electrons. The van der Waals surface area contributed by atoms with Gasteiger partial charge in [0.25, 0.3) is 0 Å². The molecule has 4 heteroatoms. The molecule has 2 aliphatic rings. The third-order valence-electron chi connectivity index (χ3n) is 4.33. The molecule has 4 nitrogen and oxygen atoms in total. The molecule has 1 fully saturated rings. The van der Waals surface area contributed by atoms with Crippen LogP contribution in [0.3, 0.4) is 0 Å². The number of hydrogen-bond acceptors (Lipinski definition) is 3. The van der Waals surface area contributed by atoms with Crippen LogP contribution < -0.4 is 5.32 Å². The molecule has 4 unspecified atom stereocenters. The third kappa shape index (κ3) is 2.56. The zero-order valence-corrected chi connectivity index (χ0v) is 11.2.